The van der Waals surface area contributed by atoms with Crippen LogP contribution in [-0.4, -0.2) is 39.0 Å². The van der Waals surface area contributed by atoms with E-state index in [1.54, 1.807) is 13.0 Å². The zero-order chi connectivity index (χ0) is 14.0. The lowest BCUT2D eigenvalue weighted by molar-refractivity contribution is 0.148. The third-order valence-corrected chi connectivity index (χ3v) is 5.46. The molecule has 2 rings (SSSR count). The lowest BCUT2D eigenvalue weighted by atomic mass is 10.2. The highest BCUT2D eigenvalue weighted by atomic mass is 35.5. The van der Waals surface area contributed by atoms with E-state index in [4.69, 9.17) is 22.1 Å². The molecule has 0 radical (unpaired) electrons. The van der Waals surface area contributed by atoms with E-state index >= 15 is 0 Å². The summed E-state index contributed by atoms with van der Waals surface area (Å²) in [6, 6.07) is 3.01. The van der Waals surface area contributed by atoms with Gasteiger partial charge >= 0.3 is 0 Å². The van der Waals surface area contributed by atoms with Crippen molar-refractivity contribution in [2.75, 3.05) is 32.0 Å². The summed E-state index contributed by atoms with van der Waals surface area (Å²) in [5.41, 5.74) is 6.58. The summed E-state index contributed by atoms with van der Waals surface area (Å²) in [5, 5.41) is 0.371. The van der Waals surface area contributed by atoms with Crippen molar-refractivity contribution in [3.8, 4) is 0 Å². The van der Waals surface area contributed by atoms with Crippen LogP contribution in [-0.2, 0) is 14.8 Å². The van der Waals surface area contributed by atoms with E-state index in [1.807, 2.05) is 0 Å². The van der Waals surface area contributed by atoms with Gasteiger partial charge in [0.1, 0.15) is 0 Å². The van der Waals surface area contributed by atoms with Gasteiger partial charge in [-0.25, -0.2) is 8.42 Å². The Morgan fingerprint density at radius 2 is 2.05 bits per heavy atom. The number of hydrogen-bond acceptors (Lipinski definition) is 4. The second-order valence-electron chi connectivity index (χ2n) is 4.51. The van der Waals surface area contributed by atoms with Crippen molar-refractivity contribution in [1.29, 1.82) is 0 Å². The minimum absolute atomic E-state index is 0.219. The van der Waals surface area contributed by atoms with Gasteiger partial charge in [-0.05, 0) is 31.0 Å². The molecule has 0 spiro atoms. The second-order valence-corrected chi connectivity index (χ2v) is 6.82. The van der Waals surface area contributed by atoms with Crippen LogP contribution in [0.15, 0.2) is 17.0 Å². The Labute approximate surface area is 118 Å². The van der Waals surface area contributed by atoms with E-state index in [2.05, 4.69) is 0 Å². The van der Waals surface area contributed by atoms with E-state index < -0.39 is 10.0 Å². The predicted octanol–water partition coefficient (Wildman–Crippen LogP) is 1.64. The number of halogens is 1. The van der Waals surface area contributed by atoms with Gasteiger partial charge in [0, 0.05) is 19.7 Å². The van der Waals surface area contributed by atoms with Gasteiger partial charge in [-0.3, -0.25) is 0 Å². The minimum Gasteiger partial charge on any atom is -0.397 e. The predicted molar refractivity (Wildman–Crippen MR) is 74.8 cm³/mol. The van der Waals surface area contributed by atoms with Crippen molar-refractivity contribution >= 4 is 27.3 Å². The van der Waals surface area contributed by atoms with Crippen molar-refractivity contribution in [1.82, 2.24) is 4.31 Å². The molecule has 1 aromatic carbocycles. The Bertz CT molecular complexity index is 567. The third kappa shape index (κ3) is 3.02. The van der Waals surface area contributed by atoms with Gasteiger partial charge in [0.2, 0.25) is 10.0 Å². The summed E-state index contributed by atoms with van der Waals surface area (Å²) >= 11 is 5.89. The molecule has 7 heteroatoms. The Kier molecular flexibility index (Phi) is 4.35. The van der Waals surface area contributed by atoms with E-state index in [0.717, 1.165) is 0 Å². The van der Waals surface area contributed by atoms with Gasteiger partial charge in [0.15, 0.2) is 0 Å². The van der Waals surface area contributed by atoms with Crippen LogP contribution in [0, 0.1) is 6.92 Å². The summed E-state index contributed by atoms with van der Waals surface area (Å²) < 4.78 is 31.9. The van der Waals surface area contributed by atoms with Gasteiger partial charge in [0.05, 0.1) is 22.2 Å². The Morgan fingerprint density at radius 3 is 2.79 bits per heavy atom. The van der Waals surface area contributed by atoms with Crippen LogP contribution >= 0.6 is 11.6 Å². The Balaban J connectivity index is 2.41. The number of benzene rings is 1. The van der Waals surface area contributed by atoms with E-state index in [-0.39, 0.29) is 10.6 Å². The summed E-state index contributed by atoms with van der Waals surface area (Å²) in [5.74, 6) is 0. The maximum atomic E-state index is 12.6. The molecule has 0 amide bonds. The number of ether oxygens (including phenoxy) is 1. The van der Waals surface area contributed by atoms with E-state index in [0.29, 0.717) is 43.3 Å². The lowest BCUT2D eigenvalue weighted by Gasteiger charge is -2.21. The topological polar surface area (TPSA) is 72.6 Å². The largest absolute Gasteiger partial charge is 0.397 e. The van der Waals surface area contributed by atoms with Crippen molar-refractivity contribution in [2.45, 2.75) is 18.2 Å². The number of hydrogen-bond donors (Lipinski definition) is 1. The molecule has 5 nitrogen and oxygen atoms in total. The minimum atomic E-state index is -3.54. The highest BCUT2D eigenvalue weighted by molar-refractivity contribution is 7.89. The molecule has 0 unspecified atom stereocenters. The van der Waals surface area contributed by atoms with Gasteiger partial charge in [-0.2, -0.15) is 4.31 Å². The number of anilines is 1. The fraction of sp³-hybridized carbons (Fsp3) is 0.500. The number of nitrogens with zero attached hydrogens (tertiary/aromatic N) is 1. The number of rotatable bonds is 2. The number of sulfonamides is 1. The quantitative estimate of drug-likeness (QED) is 0.843. The first kappa shape index (κ1) is 14.6. The Hall–Kier alpha value is -0.820. The molecule has 106 valence electrons. The first-order valence-corrected chi connectivity index (χ1v) is 7.88. The molecule has 0 aromatic heterocycles. The van der Waals surface area contributed by atoms with Crippen molar-refractivity contribution in [3.05, 3.63) is 22.7 Å². The maximum Gasteiger partial charge on any atom is 0.243 e. The molecule has 2 N–H and O–H groups in total. The van der Waals surface area contributed by atoms with Gasteiger partial charge in [-0.1, -0.05) is 11.6 Å². The summed E-state index contributed by atoms with van der Waals surface area (Å²) in [6.07, 6.45) is 0.696. The molecule has 19 heavy (non-hydrogen) atoms. The fourth-order valence-electron chi connectivity index (χ4n) is 2.05. The summed E-state index contributed by atoms with van der Waals surface area (Å²) in [4.78, 5) is 0.219. The fourth-order valence-corrected chi connectivity index (χ4v) is 3.97. The number of nitrogen functional groups attached to an aromatic ring is 1. The zero-order valence-electron chi connectivity index (χ0n) is 10.7. The van der Waals surface area contributed by atoms with Gasteiger partial charge in [0.25, 0.3) is 0 Å². The van der Waals surface area contributed by atoms with Gasteiger partial charge in [-0.15, -0.1) is 0 Å². The molecule has 1 aliphatic rings. The van der Waals surface area contributed by atoms with Crippen LogP contribution in [0.1, 0.15) is 12.0 Å². The van der Waals surface area contributed by atoms with Crippen LogP contribution in [0.2, 0.25) is 5.02 Å². The Morgan fingerprint density at radius 1 is 1.32 bits per heavy atom. The highest BCUT2D eigenvalue weighted by Gasteiger charge is 2.27. The highest BCUT2D eigenvalue weighted by Crippen LogP contribution is 2.28. The van der Waals surface area contributed by atoms with Crippen LogP contribution in [0.4, 0.5) is 5.69 Å². The molecule has 0 saturated carbocycles. The number of aryl methyl sites for hydroxylation is 1. The summed E-state index contributed by atoms with van der Waals surface area (Å²) in [6.45, 7) is 3.55. The smallest absolute Gasteiger partial charge is 0.243 e. The monoisotopic (exact) mass is 304 g/mol. The van der Waals surface area contributed by atoms with Gasteiger partial charge < -0.3 is 10.5 Å². The molecule has 0 bridgehead atoms. The number of nitrogens with two attached hydrogens (primary N) is 1. The lowest BCUT2D eigenvalue weighted by Crippen LogP contribution is -2.33. The SMILES string of the molecule is Cc1cc(Cl)c(N)cc1S(=O)(=O)N1CCCOCC1. The van der Waals surface area contributed by atoms with Crippen LogP contribution < -0.4 is 5.73 Å². The van der Waals surface area contributed by atoms with E-state index in [9.17, 15) is 8.42 Å². The molecule has 1 aromatic rings. The molecule has 0 atom stereocenters. The van der Waals surface area contributed by atoms with Crippen molar-refractivity contribution < 1.29 is 13.2 Å². The average Bonchev–Trinajstić information content (AvgIpc) is 2.62. The maximum absolute atomic E-state index is 12.6. The average molecular weight is 305 g/mol. The molecular formula is C12H17ClN2O3S. The molecule has 1 heterocycles. The van der Waals surface area contributed by atoms with E-state index in [1.165, 1.54) is 10.4 Å². The molecule has 1 aliphatic heterocycles. The van der Waals surface area contributed by atoms with Crippen LogP contribution in [0.25, 0.3) is 0 Å². The van der Waals surface area contributed by atoms with Crippen LogP contribution in [0.3, 0.4) is 0 Å². The standard InChI is InChI=1S/C12H17ClN2O3S/c1-9-7-10(13)11(14)8-12(9)19(16,17)15-3-2-5-18-6-4-15/h7-8H,2-6,14H2,1H3. The second kappa shape index (κ2) is 5.66. The third-order valence-electron chi connectivity index (χ3n) is 3.09. The molecular weight excluding hydrogens is 288 g/mol. The first-order valence-electron chi connectivity index (χ1n) is 6.06. The summed E-state index contributed by atoms with van der Waals surface area (Å²) in [7, 11) is -3.54. The molecule has 1 saturated heterocycles. The van der Waals surface area contributed by atoms with Crippen molar-refractivity contribution in [3.63, 3.8) is 0 Å². The van der Waals surface area contributed by atoms with Crippen LogP contribution in [0.5, 0.6) is 0 Å². The molecule has 0 aliphatic carbocycles. The van der Waals surface area contributed by atoms with Crippen molar-refractivity contribution in [2.24, 2.45) is 0 Å². The zero-order valence-corrected chi connectivity index (χ0v) is 12.3. The first-order chi connectivity index (χ1) is 8.93. The molecule has 1 fully saturated rings. The normalized spacial score (nSPS) is 18.2.